The summed E-state index contributed by atoms with van der Waals surface area (Å²) in [6, 6.07) is 0. The Labute approximate surface area is 83.6 Å². The van der Waals surface area contributed by atoms with Gasteiger partial charge in [0.25, 0.3) is 0 Å². The highest BCUT2D eigenvalue weighted by Crippen LogP contribution is 2.15. The van der Waals surface area contributed by atoms with Gasteiger partial charge in [-0.1, -0.05) is 0 Å². The highest BCUT2D eigenvalue weighted by Gasteiger charge is 2.33. The zero-order chi connectivity index (χ0) is 10.6. The number of aliphatic hydroxyl groups excluding tert-OH is 2. The van der Waals surface area contributed by atoms with Crippen molar-refractivity contribution in [3.05, 3.63) is 0 Å². The van der Waals surface area contributed by atoms with Crippen molar-refractivity contribution in [1.82, 2.24) is 0 Å². The van der Waals surface area contributed by atoms with Crippen molar-refractivity contribution in [2.24, 2.45) is 0 Å². The molecule has 0 amide bonds. The predicted octanol–water partition coefficient (Wildman–Crippen LogP) is 0.863. The van der Waals surface area contributed by atoms with Crippen LogP contribution in [0.4, 0.5) is 0 Å². The van der Waals surface area contributed by atoms with E-state index in [1.807, 2.05) is 13.1 Å². The van der Waals surface area contributed by atoms with Crippen LogP contribution in [0.25, 0.3) is 0 Å². The molecule has 5 heteroatoms. The molecule has 2 unspecified atom stereocenters. The molecule has 0 bridgehead atoms. The Morgan fingerprint density at radius 3 is 2.08 bits per heavy atom. The SMILES string of the molecule is CC(O)CC(O)[Si](C)(C)O[SiH](C)C. The van der Waals surface area contributed by atoms with Gasteiger partial charge in [-0.15, -0.1) is 0 Å². The molecule has 3 nitrogen and oxygen atoms in total. The van der Waals surface area contributed by atoms with E-state index in [4.69, 9.17) is 9.22 Å². The van der Waals surface area contributed by atoms with E-state index in [-0.39, 0.29) is 0 Å². The maximum atomic E-state index is 9.80. The van der Waals surface area contributed by atoms with E-state index >= 15 is 0 Å². The van der Waals surface area contributed by atoms with E-state index in [1.165, 1.54) is 0 Å². The minimum Gasteiger partial charge on any atom is -0.457 e. The molecule has 0 aliphatic rings. The van der Waals surface area contributed by atoms with Crippen molar-refractivity contribution in [1.29, 1.82) is 0 Å². The van der Waals surface area contributed by atoms with Gasteiger partial charge in [-0.25, -0.2) is 0 Å². The van der Waals surface area contributed by atoms with E-state index in [2.05, 4.69) is 13.1 Å². The van der Waals surface area contributed by atoms with Crippen molar-refractivity contribution >= 4 is 17.4 Å². The van der Waals surface area contributed by atoms with Crippen LogP contribution in [0, 0.1) is 0 Å². The Morgan fingerprint density at radius 1 is 1.31 bits per heavy atom. The third kappa shape index (κ3) is 5.59. The van der Waals surface area contributed by atoms with Crippen molar-refractivity contribution in [3.63, 3.8) is 0 Å². The first-order chi connectivity index (χ1) is 5.75. The van der Waals surface area contributed by atoms with E-state index in [0.29, 0.717) is 6.42 Å². The highest BCUT2D eigenvalue weighted by atomic mass is 28.4. The highest BCUT2D eigenvalue weighted by molar-refractivity contribution is 6.78. The van der Waals surface area contributed by atoms with Gasteiger partial charge in [0.2, 0.25) is 8.32 Å². The summed E-state index contributed by atoms with van der Waals surface area (Å²) in [7, 11) is -3.05. The van der Waals surface area contributed by atoms with Crippen LogP contribution in [0.3, 0.4) is 0 Å². The molecule has 0 heterocycles. The molecule has 0 fully saturated rings. The quantitative estimate of drug-likeness (QED) is 0.679. The van der Waals surface area contributed by atoms with Crippen LogP contribution in [-0.2, 0) is 4.12 Å². The van der Waals surface area contributed by atoms with Crippen LogP contribution >= 0.6 is 0 Å². The molecule has 0 aliphatic heterocycles. The van der Waals surface area contributed by atoms with Crippen LogP contribution < -0.4 is 0 Å². The van der Waals surface area contributed by atoms with Crippen LogP contribution in [0.5, 0.6) is 0 Å². The lowest BCUT2D eigenvalue weighted by atomic mass is 10.3. The normalized spacial score (nSPS) is 17.5. The van der Waals surface area contributed by atoms with Gasteiger partial charge < -0.3 is 14.3 Å². The minimum atomic E-state index is -1.98. The maximum absolute atomic E-state index is 9.80. The van der Waals surface area contributed by atoms with Gasteiger partial charge in [0.15, 0.2) is 9.04 Å². The number of hydrogen-bond donors (Lipinski definition) is 2. The summed E-state index contributed by atoms with van der Waals surface area (Å²) in [5, 5.41) is 18.9. The summed E-state index contributed by atoms with van der Waals surface area (Å²) >= 11 is 0. The fourth-order valence-corrected chi connectivity index (χ4v) is 7.69. The molecule has 0 aliphatic carbocycles. The monoisotopic (exact) mass is 222 g/mol. The Kier molecular flexibility index (Phi) is 5.38. The standard InChI is InChI=1S/C8H22O3Si2/c1-7(9)6-8(10)13(4,5)11-12(2)3/h7-10,12H,6H2,1-5H3. The van der Waals surface area contributed by atoms with Crippen molar-refractivity contribution in [3.8, 4) is 0 Å². The van der Waals surface area contributed by atoms with Gasteiger partial charge in [-0.05, 0) is 39.5 Å². The van der Waals surface area contributed by atoms with Crippen LogP contribution in [0.15, 0.2) is 0 Å². The summed E-state index contributed by atoms with van der Waals surface area (Å²) in [5.41, 5.74) is -0.456. The van der Waals surface area contributed by atoms with Gasteiger partial charge in [0.05, 0.1) is 11.8 Å². The second-order valence-corrected chi connectivity index (χ2v) is 11.3. The van der Waals surface area contributed by atoms with Crippen molar-refractivity contribution < 1.29 is 14.3 Å². The van der Waals surface area contributed by atoms with E-state index < -0.39 is 29.2 Å². The number of rotatable bonds is 5. The van der Waals surface area contributed by atoms with Crippen molar-refractivity contribution in [2.75, 3.05) is 0 Å². The molecule has 0 aromatic carbocycles. The Bertz CT molecular complexity index is 148. The maximum Gasteiger partial charge on any atom is 0.202 e. The van der Waals surface area contributed by atoms with Gasteiger partial charge in [-0.3, -0.25) is 0 Å². The Hall–Kier alpha value is 0.314. The van der Waals surface area contributed by atoms with Gasteiger partial charge in [0.1, 0.15) is 0 Å². The molecular weight excluding hydrogens is 200 g/mol. The van der Waals surface area contributed by atoms with Crippen LogP contribution in [0.2, 0.25) is 26.2 Å². The lowest BCUT2D eigenvalue weighted by Gasteiger charge is -2.31. The average Bonchev–Trinajstić information content (AvgIpc) is 1.81. The Morgan fingerprint density at radius 2 is 1.77 bits per heavy atom. The molecule has 13 heavy (non-hydrogen) atoms. The smallest absolute Gasteiger partial charge is 0.202 e. The minimum absolute atomic E-state index is 0.431. The molecule has 2 atom stereocenters. The molecular formula is C8H22O3Si2. The lowest BCUT2D eigenvalue weighted by molar-refractivity contribution is 0.119. The van der Waals surface area contributed by atoms with E-state index in [9.17, 15) is 5.11 Å². The van der Waals surface area contributed by atoms with Gasteiger partial charge in [-0.2, -0.15) is 0 Å². The average molecular weight is 222 g/mol. The summed E-state index contributed by atoms with van der Waals surface area (Å²) in [4.78, 5) is 0. The first kappa shape index (κ1) is 13.3. The molecule has 2 N–H and O–H groups in total. The van der Waals surface area contributed by atoms with E-state index in [1.54, 1.807) is 6.92 Å². The molecule has 0 aromatic rings. The van der Waals surface area contributed by atoms with E-state index in [0.717, 1.165) is 0 Å². The summed E-state index contributed by atoms with van der Waals surface area (Å²) in [6.45, 7) is 9.91. The fraction of sp³-hybridized carbons (Fsp3) is 1.00. The summed E-state index contributed by atoms with van der Waals surface area (Å²) in [5.74, 6) is 0. The van der Waals surface area contributed by atoms with Crippen LogP contribution in [-0.4, -0.2) is 39.4 Å². The zero-order valence-corrected chi connectivity index (χ0v) is 11.4. The Balaban J connectivity index is 4.10. The zero-order valence-electron chi connectivity index (χ0n) is 9.24. The fourth-order valence-electron chi connectivity index (χ4n) is 1.29. The lowest BCUT2D eigenvalue weighted by Crippen LogP contribution is -2.48. The van der Waals surface area contributed by atoms with Crippen LogP contribution in [0.1, 0.15) is 13.3 Å². The van der Waals surface area contributed by atoms with Gasteiger partial charge in [0, 0.05) is 0 Å². The first-order valence-electron chi connectivity index (χ1n) is 4.79. The third-order valence-corrected chi connectivity index (χ3v) is 8.06. The largest absolute Gasteiger partial charge is 0.457 e. The topological polar surface area (TPSA) is 49.7 Å². The summed E-state index contributed by atoms with van der Waals surface area (Å²) in [6.07, 6.45) is -0.0143. The summed E-state index contributed by atoms with van der Waals surface area (Å²) < 4.78 is 5.82. The third-order valence-electron chi connectivity index (χ3n) is 1.91. The molecule has 0 aromatic heterocycles. The second kappa shape index (κ2) is 5.26. The number of aliphatic hydroxyl groups is 2. The molecule has 0 saturated carbocycles. The predicted molar refractivity (Wildman–Crippen MR) is 59.7 cm³/mol. The molecule has 0 spiro atoms. The molecule has 0 saturated heterocycles. The number of hydrogen-bond acceptors (Lipinski definition) is 3. The first-order valence-corrected chi connectivity index (χ1v) is 10.6. The van der Waals surface area contributed by atoms with Gasteiger partial charge >= 0.3 is 0 Å². The second-order valence-electron chi connectivity index (χ2n) is 4.37. The molecule has 0 radical (unpaired) electrons. The molecule has 0 rings (SSSR count). The molecule has 80 valence electrons. The van der Waals surface area contributed by atoms with Crippen molar-refractivity contribution in [2.45, 2.75) is 51.4 Å².